The second-order valence-corrected chi connectivity index (χ2v) is 11.1. The number of nitrogens with one attached hydrogen (secondary N) is 2. The van der Waals surface area contributed by atoms with Crippen LogP contribution >= 0.6 is 35.0 Å². The number of fused-ring (bicyclic) bond motifs is 2. The van der Waals surface area contributed by atoms with Crippen molar-refractivity contribution < 1.29 is 29.3 Å². The minimum atomic E-state index is -1.25. The van der Waals surface area contributed by atoms with E-state index in [1.54, 1.807) is 16.7 Å². The molecule has 1 aromatic heterocycles. The summed E-state index contributed by atoms with van der Waals surface area (Å²) in [6.07, 6.45) is -0.153. The van der Waals surface area contributed by atoms with Crippen molar-refractivity contribution in [2.24, 2.45) is 0 Å². The summed E-state index contributed by atoms with van der Waals surface area (Å²) in [6, 6.07) is 3.46. The van der Waals surface area contributed by atoms with Gasteiger partial charge in [0.05, 0.1) is 39.5 Å². The summed E-state index contributed by atoms with van der Waals surface area (Å²) >= 11 is 14.0. The van der Waals surface area contributed by atoms with E-state index in [1.807, 2.05) is 11.8 Å². The van der Waals surface area contributed by atoms with Gasteiger partial charge in [0.2, 0.25) is 0 Å². The summed E-state index contributed by atoms with van der Waals surface area (Å²) < 4.78 is 12.7. The average molecular weight is 545 g/mol. The van der Waals surface area contributed by atoms with Crippen LogP contribution in [0.4, 0.5) is 4.79 Å². The number of halogens is 2. The zero-order valence-electron chi connectivity index (χ0n) is 18.6. The topological polar surface area (TPSA) is 135 Å². The normalized spacial score (nSPS) is 32.0. The Balaban J connectivity index is 1.08. The highest BCUT2D eigenvalue weighted by Crippen LogP contribution is 2.35. The van der Waals surface area contributed by atoms with Crippen LogP contribution < -0.4 is 10.6 Å². The molecule has 3 fully saturated rings. The zero-order valence-corrected chi connectivity index (χ0v) is 20.9. The number of urea groups is 1. The Morgan fingerprint density at radius 2 is 2.03 bits per heavy atom. The first-order valence-corrected chi connectivity index (χ1v) is 13.3. The smallest absolute Gasteiger partial charge is 0.315 e. The Morgan fingerprint density at radius 3 is 2.86 bits per heavy atom. The van der Waals surface area contributed by atoms with Crippen LogP contribution in [0.25, 0.3) is 11.0 Å². The zero-order chi connectivity index (χ0) is 24.7. The second kappa shape index (κ2) is 10.3. The van der Waals surface area contributed by atoms with E-state index in [4.69, 9.17) is 32.7 Å². The van der Waals surface area contributed by atoms with Crippen molar-refractivity contribution in [3.8, 4) is 0 Å². The summed E-state index contributed by atoms with van der Waals surface area (Å²) in [6.45, 7) is -0.174. The lowest BCUT2D eigenvalue weighted by Gasteiger charge is -2.17. The van der Waals surface area contributed by atoms with Gasteiger partial charge in [0.1, 0.15) is 24.9 Å². The fourth-order valence-electron chi connectivity index (χ4n) is 4.83. The molecule has 0 spiro atoms. The Kier molecular flexibility index (Phi) is 7.34. The molecule has 2 amide bonds. The summed E-state index contributed by atoms with van der Waals surface area (Å²) in [5.41, 5.74) is 1.16. The number of benzene rings is 1. The van der Waals surface area contributed by atoms with E-state index in [1.165, 1.54) is 6.33 Å². The molecule has 0 aliphatic carbocycles. The number of aromatic nitrogens is 2. The van der Waals surface area contributed by atoms with Crippen molar-refractivity contribution in [2.75, 3.05) is 12.4 Å². The monoisotopic (exact) mass is 544 g/mol. The van der Waals surface area contributed by atoms with E-state index < -0.39 is 24.5 Å². The van der Waals surface area contributed by atoms with Gasteiger partial charge in [-0.25, -0.2) is 9.78 Å². The van der Waals surface area contributed by atoms with E-state index in [-0.39, 0.29) is 37.1 Å². The van der Waals surface area contributed by atoms with Gasteiger partial charge >= 0.3 is 12.0 Å². The van der Waals surface area contributed by atoms with Gasteiger partial charge in [-0.05, 0) is 25.0 Å². The lowest BCUT2D eigenvalue weighted by molar-refractivity contribution is -0.150. The third-order valence-electron chi connectivity index (χ3n) is 6.69. The summed E-state index contributed by atoms with van der Waals surface area (Å²) in [5, 5.41) is 27.9. The maximum Gasteiger partial charge on any atom is 0.315 e. The molecule has 35 heavy (non-hydrogen) atoms. The summed E-state index contributed by atoms with van der Waals surface area (Å²) in [4.78, 5) is 27.9. The van der Waals surface area contributed by atoms with Gasteiger partial charge < -0.3 is 34.9 Å². The molecule has 190 valence electrons. The molecule has 0 saturated carbocycles. The molecular weight excluding hydrogens is 519 g/mol. The fraction of sp³-hybridized carbons (Fsp3) is 0.591. The molecule has 3 aliphatic rings. The third kappa shape index (κ3) is 5.07. The average Bonchev–Trinajstić information content (AvgIpc) is 3.56. The summed E-state index contributed by atoms with van der Waals surface area (Å²) in [5.74, 6) is 0.517. The number of ether oxygens (including phenoxy) is 2. The quantitative estimate of drug-likeness (QED) is 0.226. The van der Waals surface area contributed by atoms with Crippen LogP contribution in [0.2, 0.25) is 10.0 Å². The van der Waals surface area contributed by atoms with Gasteiger partial charge in [0.25, 0.3) is 0 Å². The lowest BCUT2D eigenvalue weighted by Crippen LogP contribution is -2.36. The number of nitrogens with zero attached hydrogens (tertiary/aromatic N) is 2. The Hall–Kier alpha value is -1.76. The first-order chi connectivity index (χ1) is 16.8. The molecule has 3 saturated heterocycles. The Labute approximate surface area is 215 Å². The molecule has 1 aromatic carbocycles. The largest absolute Gasteiger partial charge is 0.463 e. The van der Waals surface area contributed by atoms with Crippen molar-refractivity contribution in [3.63, 3.8) is 0 Å². The maximum absolute atomic E-state index is 12.2. The second-order valence-electron chi connectivity index (χ2n) is 9.00. The van der Waals surface area contributed by atoms with Gasteiger partial charge in [0.15, 0.2) is 6.23 Å². The van der Waals surface area contributed by atoms with Gasteiger partial charge in [-0.15, -0.1) is 0 Å². The first kappa shape index (κ1) is 24.9. The number of amides is 2. The number of aliphatic hydroxyl groups excluding tert-OH is 2. The predicted octanol–water partition coefficient (Wildman–Crippen LogP) is 2.23. The van der Waals surface area contributed by atoms with E-state index in [0.717, 1.165) is 18.6 Å². The molecular formula is C22H26Cl2N4O6S. The number of aliphatic hydroxyl groups is 2. The molecule has 4 N–H and O–H groups in total. The van der Waals surface area contributed by atoms with Crippen LogP contribution in [0.15, 0.2) is 18.5 Å². The molecule has 3 aliphatic heterocycles. The van der Waals surface area contributed by atoms with E-state index in [2.05, 4.69) is 15.6 Å². The number of hydrogen-bond donors (Lipinski definition) is 4. The molecule has 0 bridgehead atoms. The highest BCUT2D eigenvalue weighted by atomic mass is 35.5. The van der Waals surface area contributed by atoms with Gasteiger partial charge in [-0.2, -0.15) is 11.8 Å². The molecule has 13 heteroatoms. The Bertz CT molecular complexity index is 1120. The highest BCUT2D eigenvalue weighted by molar-refractivity contribution is 8.00. The molecule has 10 nitrogen and oxygen atoms in total. The van der Waals surface area contributed by atoms with Gasteiger partial charge in [-0.1, -0.05) is 29.6 Å². The van der Waals surface area contributed by atoms with Gasteiger partial charge in [-0.3, -0.25) is 4.79 Å². The number of hydrogen-bond acceptors (Lipinski definition) is 8. The minimum absolute atomic E-state index is 0.105. The minimum Gasteiger partial charge on any atom is -0.463 e. The van der Waals surface area contributed by atoms with Crippen molar-refractivity contribution in [2.45, 2.75) is 67.6 Å². The van der Waals surface area contributed by atoms with Crippen LogP contribution in [0.5, 0.6) is 0 Å². The van der Waals surface area contributed by atoms with Crippen LogP contribution in [0, 0.1) is 0 Å². The van der Waals surface area contributed by atoms with E-state index in [9.17, 15) is 19.8 Å². The highest BCUT2D eigenvalue weighted by Gasteiger charge is 2.45. The standard InChI is InChI=1S/C22H26Cl2N4O6S/c23-10-5-12-14(6-11(10)24)28(9-25-12)21-20(31)19(30)15(34-21)7-33-17(29)4-2-1-3-16-18-13(8-35-16)26-22(32)27-18/h5-6,9,13,15-16,18-21,30-31H,1-4,7-8H2,(H2,26,27,32)/t13-,15+,16-,18-,19+,20+,21+/m0/s1. The fourth-order valence-corrected chi connectivity index (χ4v) is 6.69. The number of rotatable bonds is 8. The van der Waals surface area contributed by atoms with Crippen molar-refractivity contribution in [3.05, 3.63) is 28.5 Å². The molecule has 2 aromatic rings. The molecule has 5 rings (SSSR count). The number of carbonyl (C=O) groups excluding carboxylic acids is 2. The first-order valence-electron chi connectivity index (χ1n) is 11.5. The molecule has 0 radical (unpaired) electrons. The molecule has 4 heterocycles. The van der Waals surface area contributed by atoms with Crippen molar-refractivity contribution in [1.29, 1.82) is 0 Å². The number of imidazole rings is 1. The van der Waals surface area contributed by atoms with Crippen LogP contribution in [-0.4, -0.2) is 79.8 Å². The van der Waals surface area contributed by atoms with Crippen LogP contribution in [-0.2, 0) is 14.3 Å². The van der Waals surface area contributed by atoms with Crippen LogP contribution in [0.3, 0.4) is 0 Å². The molecule has 0 unspecified atom stereocenters. The number of esters is 1. The van der Waals surface area contributed by atoms with E-state index in [0.29, 0.717) is 32.7 Å². The number of unbranched alkanes of at least 4 members (excludes halogenated alkanes) is 1. The predicted molar refractivity (Wildman–Crippen MR) is 131 cm³/mol. The summed E-state index contributed by atoms with van der Waals surface area (Å²) in [7, 11) is 0. The van der Waals surface area contributed by atoms with Crippen LogP contribution in [0.1, 0.15) is 31.9 Å². The van der Waals surface area contributed by atoms with Gasteiger partial charge in [0, 0.05) is 17.4 Å². The van der Waals surface area contributed by atoms with Crippen molar-refractivity contribution >= 4 is 58.0 Å². The Morgan fingerprint density at radius 1 is 1.23 bits per heavy atom. The maximum atomic E-state index is 12.2. The lowest BCUT2D eigenvalue weighted by atomic mass is 10.0. The SMILES string of the molecule is O=C1N[C@H]2[C@H](CS[C@H]2CCCCC(=O)OC[C@H]2O[C@@H](n3cnc4cc(Cl)c(Cl)cc43)[C@H](O)[C@@H]2O)N1. The third-order valence-corrected chi connectivity index (χ3v) is 8.93. The number of carbonyl (C=O) groups is 2. The molecule has 7 atom stereocenters. The number of thioether (sulfide) groups is 1. The van der Waals surface area contributed by atoms with E-state index >= 15 is 0 Å². The van der Waals surface area contributed by atoms with Crippen molar-refractivity contribution in [1.82, 2.24) is 20.2 Å².